The summed E-state index contributed by atoms with van der Waals surface area (Å²) in [6.07, 6.45) is 0. The van der Waals surface area contributed by atoms with Gasteiger partial charge in [0.1, 0.15) is 5.82 Å². The predicted octanol–water partition coefficient (Wildman–Crippen LogP) is 2.17. The zero-order chi connectivity index (χ0) is 11.0. The molecule has 5 heteroatoms. The molecule has 2 heterocycles. The van der Waals surface area contributed by atoms with Gasteiger partial charge in [0.2, 0.25) is 5.91 Å². The molecule has 0 saturated heterocycles. The fraction of sp³-hybridized carbons (Fsp3) is 0.600. The number of thioether (sulfide) groups is 1. The molecule has 0 bridgehead atoms. The number of anilines is 1. The van der Waals surface area contributed by atoms with Gasteiger partial charge in [-0.2, -0.15) is 16.9 Å². The Bertz CT molecular complexity index is 398. The smallest absolute Gasteiger partial charge is 0.222 e. The maximum absolute atomic E-state index is 11.1. The number of aromatic nitrogens is 2. The topological polar surface area (TPSA) is 46.9 Å². The van der Waals surface area contributed by atoms with Crippen LogP contribution in [0.5, 0.6) is 0 Å². The maximum atomic E-state index is 11.1. The van der Waals surface area contributed by atoms with Crippen LogP contribution < -0.4 is 5.32 Å². The summed E-state index contributed by atoms with van der Waals surface area (Å²) in [5.74, 6) is 2.77. The van der Waals surface area contributed by atoms with Crippen molar-refractivity contribution in [2.75, 3.05) is 5.32 Å². The van der Waals surface area contributed by atoms with Gasteiger partial charge in [-0.05, 0) is 13.8 Å². The van der Waals surface area contributed by atoms with Gasteiger partial charge < -0.3 is 5.32 Å². The maximum Gasteiger partial charge on any atom is 0.222 e. The molecule has 82 valence electrons. The first-order valence-corrected chi connectivity index (χ1v) is 6.20. The monoisotopic (exact) mass is 225 g/mol. The summed E-state index contributed by atoms with van der Waals surface area (Å²) in [5.41, 5.74) is 2.32. The van der Waals surface area contributed by atoms with Gasteiger partial charge in [-0.15, -0.1) is 0 Å². The van der Waals surface area contributed by atoms with Crippen LogP contribution in [0, 0.1) is 0 Å². The number of hydrogen-bond acceptors (Lipinski definition) is 3. The van der Waals surface area contributed by atoms with Crippen LogP contribution in [-0.2, 0) is 16.3 Å². The van der Waals surface area contributed by atoms with Crippen LogP contribution in [0.1, 0.15) is 38.1 Å². The van der Waals surface area contributed by atoms with Gasteiger partial charge in [0.05, 0.1) is 5.69 Å². The van der Waals surface area contributed by atoms with Crippen molar-refractivity contribution in [1.82, 2.24) is 9.78 Å². The van der Waals surface area contributed by atoms with Gasteiger partial charge >= 0.3 is 0 Å². The molecule has 4 nitrogen and oxygen atoms in total. The van der Waals surface area contributed by atoms with E-state index in [0.717, 1.165) is 23.0 Å². The second-order valence-electron chi connectivity index (χ2n) is 3.99. The number of rotatable bonds is 2. The van der Waals surface area contributed by atoms with E-state index in [-0.39, 0.29) is 11.9 Å². The zero-order valence-corrected chi connectivity index (χ0v) is 10.0. The van der Waals surface area contributed by atoms with E-state index in [9.17, 15) is 4.79 Å². The molecule has 1 N–H and O–H groups in total. The number of carbonyl (C=O) groups excluding carboxylic acids is 1. The molecule has 1 aliphatic rings. The summed E-state index contributed by atoms with van der Waals surface area (Å²) in [5, 5.41) is 7.41. The van der Waals surface area contributed by atoms with E-state index in [0.29, 0.717) is 0 Å². The van der Waals surface area contributed by atoms with E-state index in [4.69, 9.17) is 0 Å². The average Bonchev–Trinajstić information content (AvgIpc) is 2.66. The Balaban J connectivity index is 2.43. The van der Waals surface area contributed by atoms with Gasteiger partial charge in [-0.25, -0.2) is 4.68 Å². The molecule has 0 saturated carbocycles. The summed E-state index contributed by atoms with van der Waals surface area (Å²) < 4.78 is 1.91. The Morgan fingerprint density at radius 1 is 1.53 bits per heavy atom. The molecular formula is C10H15N3OS. The molecule has 1 amide bonds. The second-order valence-corrected chi connectivity index (χ2v) is 4.97. The fourth-order valence-electron chi connectivity index (χ4n) is 1.71. The highest BCUT2D eigenvalue weighted by Gasteiger charge is 2.23. The third-order valence-corrected chi connectivity index (χ3v) is 3.33. The Labute approximate surface area is 93.4 Å². The van der Waals surface area contributed by atoms with E-state index >= 15 is 0 Å². The van der Waals surface area contributed by atoms with E-state index in [1.807, 2.05) is 16.4 Å². The molecule has 0 fully saturated rings. The largest absolute Gasteiger partial charge is 0.311 e. The van der Waals surface area contributed by atoms with Crippen LogP contribution in [0.2, 0.25) is 0 Å². The summed E-state index contributed by atoms with van der Waals surface area (Å²) in [6.45, 7) is 5.67. The first kappa shape index (κ1) is 10.5. The molecule has 0 atom stereocenters. The Kier molecular flexibility index (Phi) is 2.73. The van der Waals surface area contributed by atoms with Gasteiger partial charge in [0.15, 0.2) is 0 Å². The molecule has 0 aliphatic carbocycles. The molecule has 0 radical (unpaired) electrons. The van der Waals surface area contributed by atoms with Gasteiger partial charge in [0.25, 0.3) is 0 Å². The molecular weight excluding hydrogens is 210 g/mol. The van der Waals surface area contributed by atoms with Crippen molar-refractivity contribution >= 4 is 23.5 Å². The Morgan fingerprint density at radius 3 is 2.87 bits per heavy atom. The third-order valence-electron chi connectivity index (χ3n) is 2.36. The highest BCUT2D eigenvalue weighted by atomic mass is 32.2. The SMILES string of the molecule is CC(=O)Nc1c2c(nn1C(C)C)CSC2. The molecule has 15 heavy (non-hydrogen) atoms. The molecule has 1 aromatic rings. The van der Waals surface area contributed by atoms with Crippen molar-refractivity contribution in [1.29, 1.82) is 0 Å². The summed E-state index contributed by atoms with van der Waals surface area (Å²) in [7, 11) is 0. The highest BCUT2D eigenvalue weighted by Crippen LogP contribution is 2.35. The van der Waals surface area contributed by atoms with Crippen LogP contribution in [0.15, 0.2) is 0 Å². The number of carbonyl (C=O) groups is 1. The fourth-order valence-corrected chi connectivity index (χ4v) is 2.74. The van der Waals surface area contributed by atoms with Gasteiger partial charge in [0, 0.05) is 30.0 Å². The third kappa shape index (κ3) is 1.88. The van der Waals surface area contributed by atoms with E-state index in [1.54, 1.807) is 0 Å². The minimum Gasteiger partial charge on any atom is -0.311 e. The van der Waals surface area contributed by atoms with E-state index in [1.165, 1.54) is 12.5 Å². The van der Waals surface area contributed by atoms with Crippen molar-refractivity contribution in [3.63, 3.8) is 0 Å². The lowest BCUT2D eigenvalue weighted by Crippen LogP contribution is -2.14. The predicted molar refractivity (Wildman–Crippen MR) is 61.9 cm³/mol. The molecule has 0 unspecified atom stereocenters. The van der Waals surface area contributed by atoms with Crippen LogP contribution in [0.3, 0.4) is 0 Å². The quantitative estimate of drug-likeness (QED) is 0.839. The van der Waals surface area contributed by atoms with E-state index in [2.05, 4.69) is 24.3 Å². The van der Waals surface area contributed by atoms with Gasteiger partial charge in [-0.3, -0.25) is 4.79 Å². The molecule has 1 aliphatic heterocycles. The normalized spacial score (nSPS) is 14.4. The molecule has 2 rings (SSSR count). The lowest BCUT2D eigenvalue weighted by molar-refractivity contribution is -0.114. The zero-order valence-electron chi connectivity index (χ0n) is 9.20. The number of amides is 1. The lowest BCUT2D eigenvalue weighted by atomic mass is 10.2. The van der Waals surface area contributed by atoms with Crippen LogP contribution >= 0.6 is 11.8 Å². The standard InChI is InChI=1S/C10H15N3OS/c1-6(2)13-10(11-7(3)14)8-4-15-5-9(8)12-13/h6H,4-5H2,1-3H3,(H,11,14). The van der Waals surface area contributed by atoms with Crippen molar-refractivity contribution in [2.24, 2.45) is 0 Å². The first-order valence-electron chi connectivity index (χ1n) is 5.05. The molecule has 0 spiro atoms. The summed E-state index contributed by atoms with van der Waals surface area (Å²) in [4.78, 5) is 11.1. The first-order chi connectivity index (χ1) is 7.09. The number of fused-ring (bicyclic) bond motifs is 1. The number of nitrogens with zero attached hydrogens (tertiary/aromatic N) is 2. The summed E-state index contributed by atoms with van der Waals surface area (Å²) >= 11 is 1.84. The Hall–Kier alpha value is -0.970. The minimum absolute atomic E-state index is 0.0310. The highest BCUT2D eigenvalue weighted by molar-refractivity contribution is 7.98. The van der Waals surface area contributed by atoms with Gasteiger partial charge in [-0.1, -0.05) is 0 Å². The molecule has 0 aromatic carbocycles. The van der Waals surface area contributed by atoms with Crippen molar-refractivity contribution in [2.45, 2.75) is 38.3 Å². The number of hydrogen-bond donors (Lipinski definition) is 1. The number of nitrogens with one attached hydrogen (secondary N) is 1. The molecule has 1 aromatic heterocycles. The Morgan fingerprint density at radius 2 is 2.27 bits per heavy atom. The van der Waals surface area contributed by atoms with E-state index < -0.39 is 0 Å². The summed E-state index contributed by atoms with van der Waals surface area (Å²) in [6, 6.07) is 0.280. The van der Waals surface area contributed by atoms with Crippen molar-refractivity contribution < 1.29 is 4.79 Å². The van der Waals surface area contributed by atoms with Crippen molar-refractivity contribution in [3.05, 3.63) is 11.3 Å². The van der Waals surface area contributed by atoms with Crippen molar-refractivity contribution in [3.8, 4) is 0 Å². The minimum atomic E-state index is -0.0310. The lowest BCUT2D eigenvalue weighted by Gasteiger charge is -2.12. The van der Waals surface area contributed by atoms with Crippen LogP contribution in [0.25, 0.3) is 0 Å². The van der Waals surface area contributed by atoms with Crippen LogP contribution in [-0.4, -0.2) is 15.7 Å². The van der Waals surface area contributed by atoms with Crippen LogP contribution in [0.4, 0.5) is 5.82 Å². The average molecular weight is 225 g/mol. The second kappa shape index (κ2) is 3.89.